The van der Waals surface area contributed by atoms with Crippen LogP contribution in [0.25, 0.3) is 0 Å². The van der Waals surface area contributed by atoms with Gasteiger partial charge in [-0.1, -0.05) is 0 Å². The third kappa shape index (κ3) is 2.90. The van der Waals surface area contributed by atoms with Gasteiger partial charge in [-0.2, -0.15) is 5.10 Å². The molecule has 19 heavy (non-hydrogen) atoms. The zero-order valence-corrected chi connectivity index (χ0v) is 11.2. The van der Waals surface area contributed by atoms with E-state index in [-0.39, 0.29) is 0 Å². The van der Waals surface area contributed by atoms with E-state index in [4.69, 9.17) is 0 Å². The first-order chi connectivity index (χ1) is 9.11. The zero-order valence-electron chi connectivity index (χ0n) is 11.2. The Kier molecular flexibility index (Phi) is 3.79. The molecule has 0 spiro atoms. The highest BCUT2D eigenvalue weighted by atomic mass is 16.5. The second-order valence-electron chi connectivity index (χ2n) is 4.19. The van der Waals surface area contributed by atoms with Crippen LogP contribution in [-0.4, -0.2) is 27.8 Å². The van der Waals surface area contributed by atoms with E-state index in [9.17, 15) is 4.79 Å². The smallest absolute Gasteiger partial charge is 0.339 e. The number of ether oxygens (including phenoxy) is 1. The third-order valence-corrected chi connectivity index (χ3v) is 2.98. The highest BCUT2D eigenvalue weighted by Gasteiger charge is 2.07. The number of esters is 1. The molecule has 0 unspecified atom stereocenters. The van der Waals surface area contributed by atoms with E-state index in [0.29, 0.717) is 12.1 Å². The Morgan fingerprint density at radius 1 is 1.42 bits per heavy atom. The molecule has 2 heterocycles. The third-order valence-electron chi connectivity index (χ3n) is 2.98. The highest BCUT2D eigenvalue weighted by molar-refractivity contribution is 5.89. The minimum absolute atomic E-state index is 0.395. The van der Waals surface area contributed by atoms with E-state index >= 15 is 0 Å². The SMILES string of the molecule is COC(=O)c1cncc(NCc2cnn(C)c2C)c1. The predicted molar refractivity (Wildman–Crippen MR) is 70.8 cm³/mol. The predicted octanol–water partition coefficient (Wildman–Crippen LogP) is 1.52. The van der Waals surface area contributed by atoms with E-state index < -0.39 is 5.97 Å². The molecule has 0 fully saturated rings. The maximum Gasteiger partial charge on any atom is 0.339 e. The monoisotopic (exact) mass is 260 g/mol. The summed E-state index contributed by atoms with van der Waals surface area (Å²) in [6.07, 6.45) is 4.96. The Morgan fingerprint density at radius 2 is 2.21 bits per heavy atom. The summed E-state index contributed by atoms with van der Waals surface area (Å²) in [5.41, 5.74) is 3.40. The Hall–Kier alpha value is -2.37. The van der Waals surface area contributed by atoms with Crippen LogP contribution in [0.15, 0.2) is 24.7 Å². The van der Waals surface area contributed by atoms with Crippen molar-refractivity contribution < 1.29 is 9.53 Å². The number of hydrogen-bond acceptors (Lipinski definition) is 5. The lowest BCUT2D eigenvalue weighted by Gasteiger charge is -2.07. The molecule has 6 nitrogen and oxygen atoms in total. The summed E-state index contributed by atoms with van der Waals surface area (Å²) in [4.78, 5) is 15.4. The average molecular weight is 260 g/mol. The molecule has 0 saturated heterocycles. The quantitative estimate of drug-likeness (QED) is 0.844. The number of methoxy groups -OCH3 is 1. The molecular weight excluding hydrogens is 244 g/mol. The average Bonchev–Trinajstić information content (AvgIpc) is 2.76. The minimum atomic E-state index is -0.395. The van der Waals surface area contributed by atoms with Gasteiger partial charge in [-0.25, -0.2) is 4.79 Å². The van der Waals surface area contributed by atoms with Gasteiger partial charge in [-0.05, 0) is 13.0 Å². The van der Waals surface area contributed by atoms with Crippen molar-refractivity contribution in [2.45, 2.75) is 13.5 Å². The van der Waals surface area contributed by atoms with Crippen molar-refractivity contribution in [3.63, 3.8) is 0 Å². The number of carbonyl (C=O) groups is 1. The van der Waals surface area contributed by atoms with Gasteiger partial charge in [-0.15, -0.1) is 0 Å². The molecule has 0 aliphatic rings. The molecule has 2 rings (SSSR count). The summed E-state index contributed by atoms with van der Waals surface area (Å²) in [7, 11) is 3.25. The summed E-state index contributed by atoms with van der Waals surface area (Å²) >= 11 is 0. The number of aryl methyl sites for hydroxylation is 1. The van der Waals surface area contributed by atoms with Crippen LogP contribution in [0.3, 0.4) is 0 Å². The second-order valence-corrected chi connectivity index (χ2v) is 4.19. The fourth-order valence-electron chi connectivity index (χ4n) is 1.68. The van der Waals surface area contributed by atoms with Gasteiger partial charge in [-0.3, -0.25) is 9.67 Å². The topological polar surface area (TPSA) is 69.0 Å². The summed E-state index contributed by atoms with van der Waals surface area (Å²) in [6, 6.07) is 1.71. The Balaban J connectivity index is 2.07. The molecule has 0 atom stereocenters. The van der Waals surface area contributed by atoms with Crippen molar-refractivity contribution in [2.24, 2.45) is 7.05 Å². The van der Waals surface area contributed by atoms with Crippen molar-refractivity contribution in [2.75, 3.05) is 12.4 Å². The van der Waals surface area contributed by atoms with Crippen molar-refractivity contribution in [3.8, 4) is 0 Å². The van der Waals surface area contributed by atoms with Crippen LogP contribution < -0.4 is 5.32 Å². The van der Waals surface area contributed by atoms with E-state index in [1.807, 2.05) is 24.9 Å². The van der Waals surface area contributed by atoms with Gasteiger partial charge in [0.1, 0.15) is 0 Å². The number of aromatic nitrogens is 3. The number of anilines is 1. The van der Waals surface area contributed by atoms with Crippen molar-refractivity contribution in [3.05, 3.63) is 41.5 Å². The van der Waals surface area contributed by atoms with Gasteiger partial charge in [0.15, 0.2) is 0 Å². The fourth-order valence-corrected chi connectivity index (χ4v) is 1.68. The molecule has 0 aromatic carbocycles. The molecule has 2 aromatic rings. The Bertz CT molecular complexity index is 592. The first kappa shape index (κ1) is 13.1. The van der Waals surface area contributed by atoms with Crippen LogP contribution in [0.4, 0.5) is 5.69 Å². The molecule has 0 saturated carbocycles. The number of pyridine rings is 1. The summed E-state index contributed by atoms with van der Waals surface area (Å²) in [5.74, 6) is -0.395. The van der Waals surface area contributed by atoms with Crippen molar-refractivity contribution >= 4 is 11.7 Å². The molecule has 0 aliphatic heterocycles. The van der Waals surface area contributed by atoms with Crippen LogP contribution >= 0.6 is 0 Å². The van der Waals surface area contributed by atoms with Gasteiger partial charge in [0.2, 0.25) is 0 Å². The van der Waals surface area contributed by atoms with Crippen LogP contribution in [-0.2, 0) is 18.3 Å². The molecule has 0 amide bonds. The number of rotatable bonds is 4. The van der Waals surface area contributed by atoms with E-state index in [1.54, 1.807) is 12.3 Å². The van der Waals surface area contributed by atoms with Crippen LogP contribution in [0.1, 0.15) is 21.6 Å². The zero-order chi connectivity index (χ0) is 13.8. The Morgan fingerprint density at radius 3 is 2.84 bits per heavy atom. The normalized spacial score (nSPS) is 10.3. The Labute approximate surface area is 111 Å². The molecule has 0 aliphatic carbocycles. The van der Waals surface area contributed by atoms with Gasteiger partial charge in [0.05, 0.1) is 24.6 Å². The van der Waals surface area contributed by atoms with Crippen LogP contribution in [0.2, 0.25) is 0 Å². The van der Waals surface area contributed by atoms with Crippen LogP contribution in [0.5, 0.6) is 0 Å². The van der Waals surface area contributed by atoms with Gasteiger partial charge in [0, 0.05) is 37.2 Å². The van der Waals surface area contributed by atoms with Crippen molar-refractivity contribution in [1.29, 1.82) is 0 Å². The molecular formula is C13H16N4O2. The minimum Gasteiger partial charge on any atom is -0.465 e. The van der Waals surface area contributed by atoms with E-state index in [1.165, 1.54) is 13.3 Å². The summed E-state index contributed by atoms with van der Waals surface area (Å²) < 4.78 is 6.48. The standard InChI is InChI=1S/C13H16N4O2/c1-9-11(7-16-17(9)2)6-15-12-4-10(5-14-8-12)13(18)19-3/h4-5,7-8,15H,6H2,1-3H3. The lowest BCUT2D eigenvalue weighted by Crippen LogP contribution is -2.05. The number of nitrogens with one attached hydrogen (secondary N) is 1. The molecule has 0 bridgehead atoms. The molecule has 6 heteroatoms. The summed E-state index contributed by atoms with van der Waals surface area (Å²) in [6.45, 7) is 2.64. The van der Waals surface area contributed by atoms with Gasteiger partial charge < -0.3 is 10.1 Å². The molecule has 2 aromatic heterocycles. The summed E-state index contributed by atoms with van der Waals surface area (Å²) in [5, 5.41) is 7.39. The maximum absolute atomic E-state index is 11.4. The molecule has 1 N–H and O–H groups in total. The second kappa shape index (κ2) is 5.51. The largest absolute Gasteiger partial charge is 0.465 e. The van der Waals surface area contributed by atoms with E-state index in [2.05, 4.69) is 20.1 Å². The first-order valence-corrected chi connectivity index (χ1v) is 5.86. The molecule has 0 radical (unpaired) electrons. The van der Waals surface area contributed by atoms with Crippen LogP contribution in [0, 0.1) is 6.92 Å². The van der Waals surface area contributed by atoms with E-state index in [0.717, 1.165) is 16.9 Å². The first-order valence-electron chi connectivity index (χ1n) is 5.86. The lowest BCUT2D eigenvalue weighted by atomic mass is 10.2. The number of carbonyl (C=O) groups excluding carboxylic acids is 1. The highest BCUT2D eigenvalue weighted by Crippen LogP contribution is 2.12. The van der Waals surface area contributed by atoms with Gasteiger partial charge >= 0.3 is 5.97 Å². The van der Waals surface area contributed by atoms with Crippen molar-refractivity contribution in [1.82, 2.24) is 14.8 Å². The maximum atomic E-state index is 11.4. The molecule has 100 valence electrons. The number of nitrogens with zero attached hydrogens (tertiary/aromatic N) is 3. The fraction of sp³-hybridized carbons (Fsp3) is 0.308. The van der Waals surface area contributed by atoms with Gasteiger partial charge in [0.25, 0.3) is 0 Å². The lowest BCUT2D eigenvalue weighted by molar-refractivity contribution is 0.0600. The number of hydrogen-bond donors (Lipinski definition) is 1.